The van der Waals surface area contributed by atoms with Gasteiger partial charge in [-0.05, 0) is 18.4 Å². The number of aromatic amines is 1. The van der Waals surface area contributed by atoms with E-state index in [9.17, 15) is 4.79 Å². The Kier molecular flexibility index (Phi) is 4.10. The lowest BCUT2D eigenvalue weighted by Crippen LogP contribution is -2.31. The molecular weight excluding hydrogens is 286 g/mol. The lowest BCUT2D eigenvalue weighted by atomic mass is 10.1. The van der Waals surface area contributed by atoms with Crippen LogP contribution in [0.5, 0.6) is 0 Å². The van der Waals surface area contributed by atoms with E-state index in [0.717, 1.165) is 31.5 Å². The minimum atomic E-state index is -0.334. The van der Waals surface area contributed by atoms with E-state index in [1.54, 1.807) is 0 Å². The van der Waals surface area contributed by atoms with Crippen molar-refractivity contribution in [2.24, 2.45) is 0 Å². The van der Waals surface area contributed by atoms with Gasteiger partial charge in [0.2, 0.25) is 17.0 Å². The average molecular weight is 303 g/mol. The fraction of sp³-hybridized carbons (Fsp3) is 0.357. The van der Waals surface area contributed by atoms with Gasteiger partial charge in [0.15, 0.2) is 0 Å². The zero-order chi connectivity index (χ0) is 14.7. The second-order valence-electron chi connectivity index (χ2n) is 4.94. The van der Waals surface area contributed by atoms with Crippen molar-refractivity contribution in [1.29, 1.82) is 0 Å². The molecule has 1 saturated heterocycles. The van der Waals surface area contributed by atoms with Gasteiger partial charge in [-0.2, -0.15) is 4.98 Å². The summed E-state index contributed by atoms with van der Waals surface area (Å²) in [5.41, 5.74) is 6.51. The van der Waals surface area contributed by atoms with Crippen LogP contribution in [0.4, 0.5) is 5.95 Å². The summed E-state index contributed by atoms with van der Waals surface area (Å²) in [4.78, 5) is 18.8. The topological polar surface area (TPSA) is 87.9 Å². The highest BCUT2D eigenvalue weighted by molar-refractivity contribution is 8.00. The Morgan fingerprint density at radius 2 is 2.00 bits per heavy atom. The average Bonchev–Trinajstić information content (AvgIpc) is 3.16. The first-order chi connectivity index (χ1) is 10.2. The van der Waals surface area contributed by atoms with Crippen LogP contribution in [0.3, 0.4) is 0 Å². The minimum Gasteiger partial charge on any atom is -0.368 e. The van der Waals surface area contributed by atoms with Crippen molar-refractivity contribution in [1.82, 2.24) is 20.1 Å². The normalized spacial score (nSPS) is 16.1. The molecule has 1 fully saturated rings. The van der Waals surface area contributed by atoms with E-state index in [-0.39, 0.29) is 17.1 Å². The van der Waals surface area contributed by atoms with Crippen molar-refractivity contribution >= 4 is 23.6 Å². The van der Waals surface area contributed by atoms with Gasteiger partial charge in [-0.25, -0.2) is 5.10 Å². The van der Waals surface area contributed by atoms with E-state index in [0.29, 0.717) is 5.16 Å². The number of hydrogen-bond donors (Lipinski definition) is 2. The monoisotopic (exact) mass is 303 g/mol. The number of nitrogen functional groups attached to an aromatic ring is 1. The van der Waals surface area contributed by atoms with Crippen LogP contribution in [0.2, 0.25) is 0 Å². The molecule has 0 unspecified atom stereocenters. The zero-order valence-corrected chi connectivity index (χ0v) is 12.3. The SMILES string of the molecule is Nc1nc(S[C@@H](C(=O)N2CCCC2)c2ccccc2)n[nH]1. The Morgan fingerprint density at radius 1 is 1.29 bits per heavy atom. The van der Waals surface area contributed by atoms with Gasteiger partial charge in [0.05, 0.1) is 0 Å². The van der Waals surface area contributed by atoms with Crippen molar-refractivity contribution in [2.75, 3.05) is 18.8 Å². The molecule has 1 aromatic carbocycles. The van der Waals surface area contributed by atoms with Crippen molar-refractivity contribution in [3.05, 3.63) is 35.9 Å². The van der Waals surface area contributed by atoms with Crippen LogP contribution in [0.1, 0.15) is 23.7 Å². The van der Waals surface area contributed by atoms with Gasteiger partial charge >= 0.3 is 0 Å². The number of benzene rings is 1. The maximum Gasteiger partial charge on any atom is 0.240 e. The van der Waals surface area contributed by atoms with Crippen molar-refractivity contribution in [3.8, 4) is 0 Å². The van der Waals surface area contributed by atoms with Gasteiger partial charge in [0.1, 0.15) is 5.25 Å². The van der Waals surface area contributed by atoms with E-state index < -0.39 is 0 Å². The van der Waals surface area contributed by atoms with Gasteiger partial charge in [0, 0.05) is 13.1 Å². The van der Waals surface area contributed by atoms with Gasteiger partial charge < -0.3 is 10.6 Å². The predicted molar refractivity (Wildman–Crippen MR) is 81.6 cm³/mol. The van der Waals surface area contributed by atoms with E-state index in [4.69, 9.17) is 5.73 Å². The van der Waals surface area contributed by atoms with Crippen LogP contribution >= 0.6 is 11.8 Å². The second kappa shape index (κ2) is 6.17. The summed E-state index contributed by atoms with van der Waals surface area (Å²) in [5, 5.41) is 6.79. The quantitative estimate of drug-likeness (QED) is 0.842. The molecule has 0 spiro atoms. The summed E-state index contributed by atoms with van der Waals surface area (Å²) in [6, 6.07) is 9.73. The summed E-state index contributed by atoms with van der Waals surface area (Å²) >= 11 is 1.33. The molecule has 1 atom stereocenters. The van der Waals surface area contributed by atoms with E-state index in [1.807, 2.05) is 35.2 Å². The third-order valence-corrected chi connectivity index (χ3v) is 4.55. The molecule has 6 nitrogen and oxygen atoms in total. The molecule has 1 aliphatic heterocycles. The van der Waals surface area contributed by atoms with Crippen molar-refractivity contribution in [3.63, 3.8) is 0 Å². The summed E-state index contributed by atoms with van der Waals surface area (Å²) in [5.74, 6) is 0.380. The molecule has 3 rings (SSSR count). The number of H-pyrrole nitrogens is 1. The molecule has 1 aromatic heterocycles. The van der Waals surface area contributed by atoms with E-state index in [2.05, 4.69) is 15.2 Å². The number of anilines is 1. The minimum absolute atomic E-state index is 0.118. The smallest absolute Gasteiger partial charge is 0.240 e. The lowest BCUT2D eigenvalue weighted by molar-refractivity contribution is -0.129. The molecule has 3 N–H and O–H groups in total. The Morgan fingerprint density at radius 3 is 2.62 bits per heavy atom. The highest BCUT2D eigenvalue weighted by Crippen LogP contribution is 2.35. The molecule has 0 aliphatic carbocycles. The fourth-order valence-electron chi connectivity index (χ4n) is 2.41. The number of nitrogens with one attached hydrogen (secondary N) is 1. The number of aromatic nitrogens is 3. The summed E-state index contributed by atoms with van der Waals surface area (Å²) in [7, 11) is 0. The summed E-state index contributed by atoms with van der Waals surface area (Å²) < 4.78 is 0. The number of amides is 1. The molecule has 2 heterocycles. The number of nitrogens with zero attached hydrogens (tertiary/aromatic N) is 3. The predicted octanol–water partition coefficient (Wildman–Crippen LogP) is 1.84. The van der Waals surface area contributed by atoms with Crippen LogP contribution < -0.4 is 5.73 Å². The van der Waals surface area contributed by atoms with Crippen LogP contribution in [0.25, 0.3) is 0 Å². The number of likely N-dealkylation sites (tertiary alicyclic amines) is 1. The van der Waals surface area contributed by atoms with E-state index >= 15 is 0 Å². The van der Waals surface area contributed by atoms with Gasteiger partial charge in [0.25, 0.3) is 0 Å². The molecule has 0 bridgehead atoms. The molecule has 110 valence electrons. The standard InChI is InChI=1S/C14H17N5OS/c15-13-16-14(18-17-13)21-11(10-6-2-1-3-7-10)12(20)19-8-4-5-9-19/h1-3,6-7,11H,4-5,8-9H2,(H3,15,16,17,18)/t11-/m1/s1. The Bertz CT molecular complexity index is 609. The Hall–Kier alpha value is -2.02. The molecule has 0 saturated carbocycles. The number of carbonyl (C=O) groups excluding carboxylic acids is 1. The Labute approximate surface area is 127 Å². The van der Waals surface area contributed by atoms with E-state index in [1.165, 1.54) is 11.8 Å². The largest absolute Gasteiger partial charge is 0.368 e. The van der Waals surface area contributed by atoms with Crippen molar-refractivity contribution < 1.29 is 4.79 Å². The van der Waals surface area contributed by atoms with Crippen molar-refractivity contribution in [2.45, 2.75) is 23.2 Å². The van der Waals surface area contributed by atoms with Gasteiger partial charge in [-0.3, -0.25) is 4.79 Å². The number of thioether (sulfide) groups is 1. The molecule has 7 heteroatoms. The third-order valence-electron chi connectivity index (χ3n) is 3.45. The zero-order valence-electron chi connectivity index (χ0n) is 11.5. The molecular formula is C14H17N5OS. The molecule has 0 radical (unpaired) electrons. The first kappa shape index (κ1) is 13.9. The lowest BCUT2D eigenvalue weighted by Gasteiger charge is -2.22. The first-order valence-corrected chi connectivity index (χ1v) is 7.80. The van der Waals surface area contributed by atoms with Gasteiger partial charge in [-0.1, -0.05) is 42.1 Å². The maximum atomic E-state index is 12.8. The third kappa shape index (κ3) is 3.18. The highest BCUT2D eigenvalue weighted by atomic mass is 32.2. The maximum absolute atomic E-state index is 12.8. The van der Waals surface area contributed by atoms with Crippen LogP contribution in [-0.4, -0.2) is 39.1 Å². The molecule has 2 aromatic rings. The molecule has 21 heavy (non-hydrogen) atoms. The Balaban J connectivity index is 1.85. The highest BCUT2D eigenvalue weighted by Gasteiger charge is 2.29. The first-order valence-electron chi connectivity index (χ1n) is 6.92. The van der Waals surface area contributed by atoms with Crippen LogP contribution in [0.15, 0.2) is 35.5 Å². The summed E-state index contributed by atoms with van der Waals surface area (Å²) in [6.45, 7) is 1.66. The van der Waals surface area contributed by atoms with Gasteiger partial charge in [-0.15, -0.1) is 5.10 Å². The molecule has 1 amide bonds. The number of nitrogens with two attached hydrogens (primary N) is 1. The fourth-order valence-corrected chi connectivity index (χ4v) is 3.41. The number of carbonyl (C=O) groups is 1. The summed E-state index contributed by atoms with van der Waals surface area (Å²) in [6.07, 6.45) is 2.15. The molecule has 1 aliphatic rings. The van der Waals surface area contributed by atoms with Crippen LogP contribution in [-0.2, 0) is 4.79 Å². The second-order valence-corrected chi connectivity index (χ2v) is 6.02. The van der Waals surface area contributed by atoms with Crippen LogP contribution in [0, 0.1) is 0 Å². The number of rotatable bonds is 4. The number of hydrogen-bond acceptors (Lipinski definition) is 5.